The molecule has 1 aromatic carbocycles. The van der Waals surface area contributed by atoms with Gasteiger partial charge in [0.1, 0.15) is 16.8 Å². The van der Waals surface area contributed by atoms with E-state index in [9.17, 15) is 4.79 Å². The van der Waals surface area contributed by atoms with E-state index >= 15 is 0 Å². The zero-order valence-corrected chi connectivity index (χ0v) is 12.7. The van der Waals surface area contributed by atoms with Crippen molar-refractivity contribution in [3.8, 4) is 0 Å². The molecule has 0 radical (unpaired) electrons. The Kier molecular flexibility index (Phi) is 4.17. The topological polar surface area (TPSA) is 54.9 Å². The molecule has 2 aromatic rings. The predicted octanol–water partition coefficient (Wildman–Crippen LogP) is 4.07. The van der Waals surface area contributed by atoms with Crippen LogP contribution >= 0.6 is 27.5 Å². The summed E-state index contributed by atoms with van der Waals surface area (Å²) in [6.07, 6.45) is 0.645. The van der Waals surface area contributed by atoms with Gasteiger partial charge in [-0.05, 0) is 47.5 Å². The van der Waals surface area contributed by atoms with Gasteiger partial charge in [-0.15, -0.1) is 0 Å². The maximum atomic E-state index is 11.1. The Hall–Kier alpha value is -1.46. The average Bonchev–Trinajstić information content (AvgIpc) is 2.32. The van der Waals surface area contributed by atoms with Crippen molar-refractivity contribution in [2.24, 2.45) is 0 Å². The van der Waals surface area contributed by atoms with Gasteiger partial charge in [0.05, 0.1) is 11.3 Å². The van der Waals surface area contributed by atoms with Gasteiger partial charge in [0.2, 0.25) is 0 Å². The largest absolute Gasteiger partial charge is 0.339 e. The number of carbonyl (C=O) groups excluding carboxylic acids is 1. The van der Waals surface area contributed by atoms with E-state index < -0.39 is 0 Å². The van der Waals surface area contributed by atoms with Crippen LogP contribution in [0.25, 0.3) is 0 Å². The summed E-state index contributed by atoms with van der Waals surface area (Å²) in [6.45, 7) is 3.72. The number of aryl methyl sites for hydroxylation is 2. The van der Waals surface area contributed by atoms with E-state index in [0.29, 0.717) is 17.9 Å². The molecule has 0 amide bonds. The third-order valence-electron chi connectivity index (χ3n) is 2.51. The van der Waals surface area contributed by atoms with Gasteiger partial charge in [-0.25, -0.2) is 9.97 Å². The first kappa shape index (κ1) is 14.0. The summed E-state index contributed by atoms with van der Waals surface area (Å²) >= 11 is 9.39. The smallest absolute Gasteiger partial charge is 0.156 e. The molecular formula is C13H11BrClN3O. The van der Waals surface area contributed by atoms with Gasteiger partial charge < -0.3 is 5.32 Å². The van der Waals surface area contributed by atoms with E-state index in [1.54, 1.807) is 6.92 Å². The molecule has 0 atom stereocenters. The average molecular weight is 341 g/mol. The lowest BCUT2D eigenvalue weighted by Crippen LogP contribution is -2.03. The first-order valence-electron chi connectivity index (χ1n) is 5.53. The molecule has 2 rings (SSSR count). The van der Waals surface area contributed by atoms with Gasteiger partial charge in [-0.2, -0.15) is 0 Å². The summed E-state index contributed by atoms with van der Waals surface area (Å²) < 4.78 is 0.886. The summed E-state index contributed by atoms with van der Waals surface area (Å²) in [7, 11) is 0. The summed E-state index contributed by atoms with van der Waals surface area (Å²) in [6, 6.07) is 5.83. The van der Waals surface area contributed by atoms with Crippen LogP contribution in [0.4, 0.5) is 11.5 Å². The first-order valence-corrected chi connectivity index (χ1v) is 6.71. The number of nitrogens with one attached hydrogen (secondary N) is 1. The molecule has 0 bridgehead atoms. The number of halogens is 2. The minimum Gasteiger partial charge on any atom is -0.339 e. The Bertz CT molecular complexity index is 646. The molecule has 0 saturated carbocycles. The predicted molar refractivity (Wildman–Crippen MR) is 79.3 cm³/mol. The number of nitrogens with zero attached hydrogens (tertiary/aromatic N) is 2. The second-order valence-electron chi connectivity index (χ2n) is 4.05. The summed E-state index contributed by atoms with van der Waals surface area (Å²) in [5, 5.41) is 3.23. The molecule has 1 aromatic heterocycles. The molecule has 19 heavy (non-hydrogen) atoms. The highest BCUT2D eigenvalue weighted by Crippen LogP contribution is 2.28. The van der Waals surface area contributed by atoms with Crippen molar-refractivity contribution in [1.29, 1.82) is 0 Å². The van der Waals surface area contributed by atoms with Crippen molar-refractivity contribution in [3.05, 3.63) is 44.8 Å². The van der Waals surface area contributed by atoms with Gasteiger partial charge in [0.15, 0.2) is 6.29 Å². The molecule has 0 aliphatic carbocycles. The summed E-state index contributed by atoms with van der Waals surface area (Å²) in [5.41, 5.74) is 2.19. The second-order valence-corrected chi connectivity index (χ2v) is 5.26. The number of aldehydes is 1. The molecule has 0 aliphatic rings. The van der Waals surface area contributed by atoms with Gasteiger partial charge >= 0.3 is 0 Å². The number of anilines is 2. The third kappa shape index (κ3) is 3.11. The number of benzene rings is 1. The number of aromatic nitrogens is 2. The summed E-state index contributed by atoms with van der Waals surface area (Å²) in [5.74, 6) is 0.901. The highest BCUT2D eigenvalue weighted by molar-refractivity contribution is 9.10. The Morgan fingerprint density at radius 2 is 2.05 bits per heavy atom. The molecule has 0 unspecified atom stereocenters. The monoisotopic (exact) mass is 339 g/mol. The minimum absolute atomic E-state index is 0.147. The van der Waals surface area contributed by atoms with Gasteiger partial charge in [-0.1, -0.05) is 17.7 Å². The van der Waals surface area contributed by atoms with Crippen LogP contribution in [0.5, 0.6) is 0 Å². The molecule has 1 N–H and O–H groups in total. The van der Waals surface area contributed by atoms with Crippen LogP contribution in [0.3, 0.4) is 0 Å². The SMILES string of the molecule is Cc1ccc(Nc2nc(C)nc(Cl)c2C=O)c(Br)c1. The number of hydrogen-bond acceptors (Lipinski definition) is 4. The molecule has 98 valence electrons. The lowest BCUT2D eigenvalue weighted by Gasteiger charge is -2.11. The zero-order valence-electron chi connectivity index (χ0n) is 10.4. The lowest BCUT2D eigenvalue weighted by atomic mass is 10.2. The van der Waals surface area contributed by atoms with Gasteiger partial charge in [0.25, 0.3) is 0 Å². The van der Waals surface area contributed by atoms with Crippen LogP contribution in [-0.2, 0) is 0 Å². The standard InChI is InChI=1S/C13H11BrClN3O/c1-7-3-4-11(10(14)5-7)18-13-9(6-19)12(15)16-8(2)17-13/h3-6H,1-2H3,(H,16,17,18). The Balaban J connectivity index is 2.45. The Morgan fingerprint density at radius 1 is 1.32 bits per heavy atom. The maximum absolute atomic E-state index is 11.1. The fraction of sp³-hybridized carbons (Fsp3) is 0.154. The van der Waals surface area contributed by atoms with Crippen molar-refractivity contribution >= 4 is 45.3 Å². The Morgan fingerprint density at radius 3 is 2.68 bits per heavy atom. The van der Waals surface area contributed by atoms with Crippen LogP contribution in [0.15, 0.2) is 22.7 Å². The minimum atomic E-state index is 0.147. The van der Waals surface area contributed by atoms with Crippen molar-refractivity contribution in [3.63, 3.8) is 0 Å². The van der Waals surface area contributed by atoms with E-state index in [1.165, 1.54) is 0 Å². The van der Waals surface area contributed by atoms with E-state index in [1.807, 2.05) is 25.1 Å². The van der Waals surface area contributed by atoms with E-state index in [4.69, 9.17) is 11.6 Å². The molecule has 0 saturated heterocycles. The molecule has 0 aliphatic heterocycles. The molecule has 0 spiro atoms. The fourth-order valence-electron chi connectivity index (χ4n) is 1.60. The quantitative estimate of drug-likeness (QED) is 0.676. The highest BCUT2D eigenvalue weighted by atomic mass is 79.9. The van der Waals surface area contributed by atoms with E-state index in [-0.39, 0.29) is 10.7 Å². The Labute approximate surface area is 124 Å². The fourth-order valence-corrected chi connectivity index (χ4v) is 2.44. The van der Waals surface area contributed by atoms with E-state index in [2.05, 4.69) is 31.2 Å². The molecule has 4 nitrogen and oxygen atoms in total. The van der Waals surface area contributed by atoms with Crippen molar-refractivity contribution in [1.82, 2.24) is 9.97 Å². The normalized spacial score (nSPS) is 10.3. The summed E-state index contributed by atoms with van der Waals surface area (Å²) in [4.78, 5) is 19.2. The van der Waals surface area contributed by atoms with Crippen LogP contribution in [-0.4, -0.2) is 16.3 Å². The molecule has 6 heteroatoms. The van der Waals surface area contributed by atoms with Crippen LogP contribution in [0, 0.1) is 13.8 Å². The lowest BCUT2D eigenvalue weighted by molar-refractivity contribution is 0.112. The van der Waals surface area contributed by atoms with Crippen molar-refractivity contribution in [2.45, 2.75) is 13.8 Å². The maximum Gasteiger partial charge on any atom is 0.156 e. The van der Waals surface area contributed by atoms with Gasteiger partial charge in [-0.3, -0.25) is 4.79 Å². The molecule has 0 fully saturated rings. The number of rotatable bonds is 3. The second kappa shape index (κ2) is 5.67. The molecule has 1 heterocycles. The highest BCUT2D eigenvalue weighted by Gasteiger charge is 2.12. The zero-order chi connectivity index (χ0) is 14.0. The van der Waals surface area contributed by atoms with E-state index in [0.717, 1.165) is 15.7 Å². The molecular weight excluding hydrogens is 330 g/mol. The van der Waals surface area contributed by atoms with Crippen LogP contribution in [0.2, 0.25) is 5.15 Å². The number of carbonyl (C=O) groups is 1. The van der Waals surface area contributed by atoms with Crippen molar-refractivity contribution in [2.75, 3.05) is 5.32 Å². The van der Waals surface area contributed by atoms with Crippen LogP contribution in [0.1, 0.15) is 21.7 Å². The first-order chi connectivity index (χ1) is 9.01. The van der Waals surface area contributed by atoms with Crippen LogP contribution < -0.4 is 5.32 Å². The third-order valence-corrected chi connectivity index (χ3v) is 3.45. The number of hydrogen-bond donors (Lipinski definition) is 1. The van der Waals surface area contributed by atoms with Gasteiger partial charge in [0, 0.05) is 4.47 Å². The van der Waals surface area contributed by atoms with Crippen molar-refractivity contribution < 1.29 is 4.79 Å².